The lowest BCUT2D eigenvalue weighted by Crippen LogP contribution is -2.64. The molecule has 0 aromatic carbocycles. The van der Waals surface area contributed by atoms with E-state index in [4.69, 9.17) is 5.11 Å². The molecule has 1 aliphatic heterocycles. The maximum Gasteiger partial charge on any atom is 0.308 e. The smallest absolute Gasteiger partial charge is 0.308 e. The van der Waals surface area contributed by atoms with E-state index in [1.807, 2.05) is 33.9 Å². The van der Waals surface area contributed by atoms with Crippen molar-refractivity contribution in [1.82, 2.24) is 5.32 Å². The molecule has 0 bridgehead atoms. The van der Waals surface area contributed by atoms with Crippen LogP contribution in [0.2, 0.25) is 18.1 Å². The van der Waals surface area contributed by atoms with Crippen LogP contribution in [0.1, 0.15) is 34.1 Å². The Kier molecular flexibility index (Phi) is 4.71. The third-order valence-corrected chi connectivity index (χ3v) is 8.54. The summed E-state index contributed by atoms with van der Waals surface area (Å²) in [5.74, 6) is -1.74. The highest BCUT2D eigenvalue weighted by atomic mass is 28.4. The Hall–Kier alpha value is -0.883. The van der Waals surface area contributed by atoms with E-state index in [0.29, 0.717) is 0 Å². The molecule has 0 saturated carbocycles. The minimum absolute atomic E-state index is 0.0597. The zero-order valence-corrected chi connectivity index (χ0v) is 14.2. The summed E-state index contributed by atoms with van der Waals surface area (Å²) in [6, 6.07) is -0.297. The Labute approximate surface area is 121 Å². The Morgan fingerprint density at radius 3 is 2.25 bits per heavy atom. The Morgan fingerprint density at radius 2 is 1.90 bits per heavy atom. The fourth-order valence-electron chi connectivity index (χ4n) is 2.80. The van der Waals surface area contributed by atoms with Crippen LogP contribution in [0, 0.1) is 17.8 Å². The van der Waals surface area contributed by atoms with Crippen LogP contribution in [0.25, 0.3) is 0 Å². The number of carboxylic acids is 1. The molecule has 20 heavy (non-hydrogen) atoms. The molecule has 0 radical (unpaired) electrons. The highest BCUT2D eigenvalue weighted by Crippen LogP contribution is 2.45. The monoisotopic (exact) mass is 301 g/mol. The summed E-state index contributed by atoms with van der Waals surface area (Å²) in [5.41, 5.74) is 0. The van der Waals surface area contributed by atoms with E-state index in [0.717, 1.165) is 6.42 Å². The number of carboxylic acid groups (broad SMARTS) is 1. The number of β-lactam (4-membered cyclic amide) rings is 1. The van der Waals surface area contributed by atoms with Gasteiger partial charge in [-0.3, -0.25) is 9.59 Å². The summed E-state index contributed by atoms with van der Waals surface area (Å²) in [4.78, 5) is 33.2. The van der Waals surface area contributed by atoms with Gasteiger partial charge in [-0.1, -0.05) is 20.8 Å². The summed E-state index contributed by atoms with van der Waals surface area (Å²) in [6.45, 7) is 11.5. The van der Waals surface area contributed by atoms with Crippen molar-refractivity contribution in [1.29, 1.82) is 0 Å². The topological polar surface area (TPSA) is 86.6 Å². The van der Waals surface area contributed by atoms with Crippen LogP contribution >= 0.6 is 0 Å². The summed E-state index contributed by atoms with van der Waals surface area (Å²) >= 11 is 0. The molecule has 116 valence electrons. The second-order valence-electron chi connectivity index (χ2n) is 7.31. The maximum absolute atomic E-state index is 11.8. The standard InChI is InChI=1S/C14H27NO4Si/c1-8(7-14(3,4)20(5,6)19)10-11(15-12(10)16)9(2)13(17)18/h8-11,19H,7H2,1-6H3,(H,15,16)(H,17,18)/t8-,9+,10+,11?/m0/s1. The van der Waals surface area contributed by atoms with Gasteiger partial charge >= 0.3 is 5.97 Å². The normalized spacial score (nSPS) is 26.4. The van der Waals surface area contributed by atoms with Gasteiger partial charge in [-0.15, -0.1) is 0 Å². The van der Waals surface area contributed by atoms with Crippen LogP contribution in [0.3, 0.4) is 0 Å². The minimum atomic E-state index is -2.32. The largest absolute Gasteiger partial charge is 0.481 e. The zero-order chi connectivity index (χ0) is 15.9. The minimum Gasteiger partial charge on any atom is -0.481 e. The molecule has 0 aromatic heterocycles. The van der Waals surface area contributed by atoms with Crippen molar-refractivity contribution in [2.24, 2.45) is 17.8 Å². The first-order valence-electron chi connectivity index (χ1n) is 7.14. The van der Waals surface area contributed by atoms with Crippen molar-refractivity contribution in [3.05, 3.63) is 0 Å². The van der Waals surface area contributed by atoms with Crippen LogP contribution in [0.15, 0.2) is 0 Å². The van der Waals surface area contributed by atoms with E-state index in [9.17, 15) is 14.4 Å². The van der Waals surface area contributed by atoms with Gasteiger partial charge in [-0.05, 0) is 37.4 Å². The number of amides is 1. The van der Waals surface area contributed by atoms with Crippen molar-refractivity contribution >= 4 is 20.2 Å². The van der Waals surface area contributed by atoms with Crippen LogP contribution in [0.5, 0.6) is 0 Å². The van der Waals surface area contributed by atoms with Gasteiger partial charge in [-0.25, -0.2) is 0 Å². The Bertz CT molecular complexity index is 402. The van der Waals surface area contributed by atoms with Gasteiger partial charge in [0.05, 0.1) is 17.9 Å². The number of rotatable bonds is 6. The zero-order valence-electron chi connectivity index (χ0n) is 13.2. The molecule has 1 fully saturated rings. The molecule has 0 aromatic rings. The van der Waals surface area contributed by atoms with Gasteiger partial charge in [0, 0.05) is 0 Å². The van der Waals surface area contributed by atoms with Crippen LogP contribution < -0.4 is 5.32 Å². The van der Waals surface area contributed by atoms with Crippen molar-refractivity contribution < 1.29 is 19.5 Å². The van der Waals surface area contributed by atoms with E-state index in [1.54, 1.807) is 6.92 Å². The van der Waals surface area contributed by atoms with E-state index < -0.39 is 20.2 Å². The summed E-state index contributed by atoms with van der Waals surface area (Å²) < 4.78 is 0. The molecule has 5 nitrogen and oxygen atoms in total. The molecule has 1 heterocycles. The molecule has 1 aliphatic rings. The fraction of sp³-hybridized carbons (Fsp3) is 0.857. The third kappa shape index (κ3) is 3.23. The Balaban J connectivity index is 2.78. The van der Waals surface area contributed by atoms with E-state index >= 15 is 0 Å². The van der Waals surface area contributed by atoms with Crippen molar-refractivity contribution in [3.63, 3.8) is 0 Å². The summed E-state index contributed by atoms with van der Waals surface area (Å²) in [5, 5.41) is 11.6. The number of carbonyl (C=O) groups excluding carboxylic acids is 1. The quantitative estimate of drug-likeness (QED) is 0.516. The maximum atomic E-state index is 11.8. The molecule has 3 N–H and O–H groups in total. The number of nitrogens with one attached hydrogen (secondary N) is 1. The lowest BCUT2D eigenvalue weighted by atomic mass is 9.72. The summed E-state index contributed by atoms with van der Waals surface area (Å²) in [7, 11) is -2.32. The summed E-state index contributed by atoms with van der Waals surface area (Å²) in [6.07, 6.45) is 0.726. The van der Waals surface area contributed by atoms with E-state index in [2.05, 4.69) is 5.32 Å². The molecule has 1 saturated heterocycles. The molecule has 1 rings (SSSR count). The molecule has 0 aliphatic carbocycles. The predicted molar refractivity (Wildman–Crippen MR) is 79.7 cm³/mol. The fourth-order valence-corrected chi connectivity index (χ4v) is 3.62. The molecule has 4 atom stereocenters. The SMILES string of the molecule is C[C@@H](C(=O)O)C1NC(=O)[C@@H]1[C@@H](C)CC(C)(C)[Si](C)(C)O. The second kappa shape index (κ2) is 5.48. The molecule has 1 amide bonds. The Morgan fingerprint density at radius 1 is 1.40 bits per heavy atom. The first kappa shape index (κ1) is 17.2. The van der Waals surface area contributed by atoms with Gasteiger partial charge in [-0.2, -0.15) is 0 Å². The van der Waals surface area contributed by atoms with Gasteiger partial charge < -0.3 is 15.2 Å². The van der Waals surface area contributed by atoms with Gasteiger partial charge in [0.1, 0.15) is 0 Å². The van der Waals surface area contributed by atoms with Crippen LogP contribution in [0.4, 0.5) is 0 Å². The lowest BCUT2D eigenvalue weighted by Gasteiger charge is -2.46. The van der Waals surface area contributed by atoms with Crippen LogP contribution in [-0.4, -0.2) is 36.1 Å². The lowest BCUT2D eigenvalue weighted by molar-refractivity contribution is -0.149. The predicted octanol–water partition coefficient (Wildman–Crippen LogP) is 1.83. The van der Waals surface area contributed by atoms with E-state index in [1.165, 1.54) is 0 Å². The molecular weight excluding hydrogens is 274 g/mol. The van der Waals surface area contributed by atoms with Crippen LogP contribution in [-0.2, 0) is 9.59 Å². The average Bonchev–Trinajstić information content (AvgIpc) is 2.21. The van der Waals surface area contributed by atoms with Gasteiger partial charge in [0.2, 0.25) is 5.91 Å². The second-order valence-corrected chi connectivity index (χ2v) is 11.8. The highest BCUT2D eigenvalue weighted by molar-refractivity contribution is 6.72. The van der Waals surface area contributed by atoms with E-state index in [-0.39, 0.29) is 28.8 Å². The van der Waals surface area contributed by atoms with Crippen molar-refractivity contribution in [2.75, 3.05) is 0 Å². The third-order valence-electron chi connectivity index (χ3n) is 5.03. The number of carbonyl (C=O) groups is 2. The van der Waals surface area contributed by atoms with Gasteiger partial charge in [0.25, 0.3) is 0 Å². The molecule has 0 spiro atoms. The first-order chi connectivity index (χ1) is 8.88. The number of hydrogen-bond acceptors (Lipinski definition) is 3. The molecule has 1 unspecified atom stereocenters. The van der Waals surface area contributed by atoms with Crippen molar-refractivity contribution in [3.8, 4) is 0 Å². The molecular formula is C14H27NO4Si. The number of aliphatic carboxylic acids is 1. The van der Waals surface area contributed by atoms with Gasteiger partial charge in [0.15, 0.2) is 8.32 Å². The highest BCUT2D eigenvalue weighted by Gasteiger charge is 2.49. The van der Waals surface area contributed by atoms with Crippen molar-refractivity contribution in [2.45, 2.75) is 58.3 Å². The average molecular weight is 301 g/mol. The first-order valence-corrected chi connectivity index (χ1v) is 10.1. The number of hydrogen-bond donors (Lipinski definition) is 3. The molecule has 6 heteroatoms.